The molecule has 0 unspecified atom stereocenters. The molecule has 0 rings (SSSR count). The minimum absolute atomic E-state index is 0.277. The zero-order valence-corrected chi connectivity index (χ0v) is 7.07. The minimum Gasteiger partial charge on any atom is -0.478 e. The Hall–Kier alpha value is -0.440. The van der Waals surface area contributed by atoms with Crippen molar-refractivity contribution in [3.8, 4) is 0 Å². The molecule has 0 radical (unpaired) electrons. The van der Waals surface area contributed by atoms with Crippen LogP contribution in [0.3, 0.4) is 0 Å². The first kappa shape index (κ1) is 9.56. The van der Waals surface area contributed by atoms with Gasteiger partial charge in [0.25, 0.3) is 0 Å². The largest absolute Gasteiger partial charge is 0.478 e. The summed E-state index contributed by atoms with van der Waals surface area (Å²) in [5.74, 6) is -0.374. The molecule has 0 bridgehead atoms. The molecule has 0 aliphatic rings. The zero-order valence-electron chi connectivity index (χ0n) is 6.26. The Balaban J connectivity index is 3.50. The van der Waals surface area contributed by atoms with Crippen LogP contribution in [-0.2, 0) is 4.79 Å². The van der Waals surface area contributed by atoms with Crippen molar-refractivity contribution in [2.45, 2.75) is 19.1 Å². The number of hydrogen-bond acceptors (Lipinski definition) is 2. The Kier molecular flexibility index (Phi) is 4.19. The van der Waals surface area contributed by atoms with E-state index in [-0.39, 0.29) is 5.57 Å². The summed E-state index contributed by atoms with van der Waals surface area (Å²) in [6.45, 7) is 7.46. The summed E-state index contributed by atoms with van der Waals surface area (Å²) in [5.41, 5.74) is 0.277. The van der Waals surface area contributed by atoms with Gasteiger partial charge in [-0.2, -0.15) is 11.8 Å². The molecule has 0 fully saturated rings. The molecule has 0 atom stereocenters. The van der Waals surface area contributed by atoms with E-state index in [9.17, 15) is 4.79 Å². The molecule has 0 aromatic rings. The number of carbonyl (C=O) groups is 1. The Bertz CT molecular complexity index is 141. The van der Waals surface area contributed by atoms with E-state index in [1.807, 2.05) is 13.8 Å². The van der Waals surface area contributed by atoms with Gasteiger partial charge < -0.3 is 5.11 Å². The average molecular weight is 160 g/mol. The molecule has 1 N–H and O–H groups in total. The van der Waals surface area contributed by atoms with Crippen molar-refractivity contribution in [3.05, 3.63) is 12.2 Å². The molecule has 10 heavy (non-hydrogen) atoms. The predicted octanol–water partition coefficient (Wildman–Crippen LogP) is 1.77. The third-order valence-corrected chi connectivity index (χ3v) is 2.08. The second-order valence-corrected chi connectivity index (χ2v) is 3.83. The number of carboxylic acids is 1. The molecule has 2 nitrogen and oxygen atoms in total. The Morgan fingerprint density at radius 2 is 2.20 bits per heavy atom. The Labute approximate surface area is 65.3 Å². The van der Waals surface area contributed by atoms with E-state index in [2.05, 4.69) is 6.58 Å². The molecular weight excluding hydrogens is 148 g/mol. The third-order valence-electron chi connectivity index (χ3n) is 0.893. The normalized spacial score (nSPS) is 9.90. The van der Waals surface area contributed by atoms with Crippen LogP contribution in [0.2, 0.25) is 0 Å². The molecule has 58 valence electrons. The van der Waals surface area contributed by atoms with Crippen molar-refractivity contribution >= 4 is 17.7 Å². The SMILES string of the molecule is C=C(CSC(C)C)C(=O)O. The van der Waals surface area contributed by atoms with Crippen LogP contribution in [0.25, 0.3) is 0 Å². The minimum atomic E-state index is -0.895. The van der Waals surface area contributed by atoms with Gasteiger partial charge >= 0.3 is 5.97 Å². The fourth-order valence-electron chi connectivity index (χ4n) is 0.329. The lowest BCUT2D eigenvalue weighted by atomic mass is 10.4. The maximum Gasteiger partial charge on any atom is 0.331 e. The standard InChI is InChI=1S/C7H12O2S/c1-5(2)10-4-6(3)7(8)9/h5H,3-4H2,1-2H3,(H,8,9). The highest BCUT2D eigenvalue weighted by Crippen LogP contribution is 2.12. The van der Waals surface area contributed by atoms with Crippen LogP contribution < -0.4 is 0 Å². The zero-order chi connectivity index (χ0) is 8.15. The van der Waals surface area contributed by atoms with E-state index in [1.54, 1.807) is 11.8 Å². The molecule has 0 saturated carbocycles. The summed E-state index contributed by atoms with van der Waals surface area (Å²) >= 11 is 1.59. The van der Waals surface area contributed by atoms with Gasteiger partial charge in [-0.05, 0) is 5.25 Å². The van der Waals surface area contributed by atoms with Gasteiger partial charge in [0, 0.05) is 11.3 Å². The third kappa shape index (κ3) is 4.44. The lowest BCUT2D eigenvalue weighted by Crippen LogP contribution is -2.02. The van der Waals surface area contributed by atoms with Crippen LogP contribution in [0.5, 0.6) is 0 Å². The average Bonchev–Trinajstić information content (AvgIpc) is 1.82. The van der Waals surface area contributed by atoms with Crippen LogP contribution in [-0.4, -0.2) is 22.1 Å². The molecule has 0 spiro atoms. The van der Waals surface area contributed by atoms with Gasteiger partial charge in [0.1, 0.15) is 0 Å². The van der Waals surface area contributed by atoms with Crippen molar-refractivity contribution in [3.63, 3.8) is 0 Å². The van der Waals surface area contributed by atoms with Gasteiger partial charge in [0.05, 0.1) is 0 Å². The molecule has 0 aromatic heterocycles. The smallest absolute Gasteiger partial charge is 0.331 e. The maximum atomic E-state index is 10.2. The van der Waals surface area contributed by atoms with Crippen LogP contribution >= 0.6 is 11.8 Å². The number of thioether (sulfide) groups is 1. The highest BCUT2D eigenvalue weighted by Gasteiger charge is 2.04. The number of hydrogen-bond donors (Lipinski definition) is 1. The van der Waals surface area contributed by atoms with E-state index in [0.717, 1.165) is 0 Å². The second kappa shape index (κ2) is 4.39. The van der Waals surface area contributed by atoms with Gasteiger partial charge in [0.2, 0.25) is 0 Å². The van der Waals surface area contributed by atoms with Crippen LogP contribution in [0.1, 0.15) is 13.8 Å². The van der Waals surface area contributed by atoms with Crippen molar-refractivity contribution in [1.82, 2.24) is 0 Å². The first-order valence-corrected chi connectivity index (χ1v) is 4.11. The molecule has 0 heterocycles. The molecule has 0 aliphatic carbocycles. The fourth-order valence-corrected chi connectivity index (χ4v) is 0.987. The molecule has 0 saturated heterocycles. The molecular formula is C7H12O2S. The molecule has 0 aromatic carbocycles. The predicted molar refractivity (Wildman–Crippen MR) is 44.4 cm³/mol. The highest BCUT2D eigenvalue weighted by atomic mass is 32.2. The summed E-state index contributed by atoms with van der Waals surface area (Å²) in [6.07, 6.45) is 0. The lowest BCUT2D eigenvalue weighted by Gasteiger charge is -2.02. The van der Waals surface area contributed by atoms with E-state index < -0.39 is 5.97 Å². The molecule has 0 amide bonds. The summed E-state index contributed by atoms with van der Waals surface area (Å²) in [5, 5.41) is 8.85. The van der Waals surface area contributed by atoms with Crippen molar-refractivity contribution in [2.24, 2.45) is 0 Å². The van der Waals surface area contributed by atoms with Gasteiger partial charge in [-0.1, -0.05) is 20.4 Å². The van der Waals surface area contributed by atoms with Crippen molar-refractivity contribution in [2.75, 3.05) is 5.75 Å². The number of aliphatic carboxylic acids is 1. The Morgan fingerprint density at radius 1 is 1.70 bits per heavy atom. The highest BCUT2D eigenvalue weighted by molar-refractivity contribution is 8.00. The van der Waals surface area contributed by atoms with E-state index in [4.69, 9.17) is 5.11 Å². The van der Waals surface area contributed by atoms with Crippen molar-refractivity contribution in [1.29, 1.82) is 0 Å². The van der Waals surface area contributed by atoms with E-state index in [1.165, 1.54) is 0 Å². The van der Waals surface area contributed by atoms with Gasteiger partial charge in [0.15, 0.2) is 0 Å². The maximum absolute atomic E-state index is 10.2. The van der Waals surface area contributed by atoms with Crippen LogP contribution in [0, 0.1) is 0 Å². The van der Waals surface area contributed by atoms with Gasteiger partial charge in [-0.3, -0.25) is 0 Å². The monoisotopic (exact) mass is 160 g/mol. The quantitative estimate of drug-likeness (QED) is 0.637. The topological polar surface area (TPSA) is 37.3 Å². The fraction of sp³-hybridized carbons (Fsp3) is 0.571. The number of carboxylic acid groups (broad SMARTS) is 1. The summed E-state index contributed by atoms with van der Waals surface area (Å²) in [6, 6.07) is 0. The summed E-state index contributed by atoms with van der Waals surface area (Å²) in [4.78, 5) is 10.2. The number of rotatable bonds is 4. The first-order valence-electron chi connectivity index (χ1n) is 3.06. The first-order chi connectivity index (χ1) is 4.54. The van der Waals surface area contributed by atoms with Crippen molar-refractivity contribution < 1.29 is 9.90 Å². The second-order valence-electron chi connectivity index (χ2n) is 2.27. The summed E-state index contributed by atoms with van der Waals surface area (Å²) in [7, 11) is 0. The van der Waals surface area contributed by atoms with Gasteiger partial charge in [-0.15, -0.1) is 0 Å². The molecule has 0 aliphatic heterocycles. The van der Waals surface area contributed by atoms with Gasteiger partial charge in [-0.25, -0.2) is 4.79 Å². The van der Waals surface area contributed by atoms with Crippen LogP contribution in [0.15, 0.2) is 12.2 Å². The molecule has 3 heteroatoms. The summed E-state index contributed by atoms with van der Waals surface area (Å²) < 4.78 is 0. The van der Waals surface area contributed by atoms with E-state index in [0.29, 0.717) is 11.0 Å². The lowest BCUT2D eigenvalue weighted by molar-refractivity contribution is -0.132. The van der Waals surface area contributed by atoms with Crippen LogP contribution in [0.4, 0.5) is 0 Å². The Morgan fingerprint density at radius 3 is 2.50 bits per heavy atom. The van der Waals surface area contributed by atoms with E-state index >= 15 is 0 Å².